The van der Waals surface area contributed by atoms with Crippen LogP contribution in [-0.4, -0.2) is 65.8 Å². The van der Waals surface area contributed by atoms with Gasteiger partial charge >= 0.3 is 0 Å². The number of aryl methyl sites for hydroxylation is 1. The highest BCUT2D eigenvalue weighted by molar-refractivity contribution is 7.99. The monoisotopic (exact) mass is 496 g/mol. The molecule has 1 aromatic heterocycles. The van der Waals surface area contributed by atoms with E-state index in [1.54, 1.807) is 24.8 Å². The van der Waals surface area contributed by atoms with Gasteiger partial charge in [0.25, 0.3) is 0 Å². The number of sulfonamides is 1. The molecule has 1 saturated carbocycles. The van der Waals surface area contributed by atoms with Crippen molar-refractivity contribution in [3.05, 3.63) is 23.9 Å². The third kappa shape index (κ3) is 6.30. The molecule has 3 N–H and O–H groups in total. The molecule has 10 heteroatoms. The van der Waals surface area contributed by atoms with Gasteiger partial charge in [0.2, 0.25) is 10.0 Å². The van der Waals surface area contributed by atoms with Crippen molar-refractivity contribution in [2.75, 3.05) is 24.7 Å². The molecule has 0 spiro atoms. The van der Waals surface area contributed by atoms with Crippen LogP contribution in [0.2, 0.25) is 0 Å². The molecule has 1 aliphatic carbocycles. The number of aliphatic hydroxyl groups excluding tert-OH is 1. The number of anilines is 1. The Balaban J connectivity index is 1.98. The summed E-state index contributed by atoms with van der Waals surface area (Å²) in [5, 5.41) is 20.6. The van der Waals surface area contributed by atoms with Crippen LogP contribution in [0.25, 0.3) is 11.3 Å². The minimum atomic E-state index is -3.77. The first-order valence-corrected chi connectivity index (χ1v) is 13.7. The first kappa shape index (κ1) is 26.0. The van der Waals surface area contributed by atoms with Crippen molar-refractivity contribution in [1.29, 1.82) is 0 Å². The molecular weight excluding hydrogens is 460 g/mol. The van der Waals surface area contributed by atoms with Crippen molar-refractivity contribution in [2.45, 2.75) is 74.3 Å². The zero-order valence-electron chi connectivity index (χ0n) is 20.3. The van der Waals surface area contributed by atoms with Gasteiger partial charge in [-0.2, -0.15) is 0 Å². The number of benzene rings is 1. The quantitative estimate of drug-likeness (QED) is 0.482. The fourth-order valence-electron chi connectivity index (χ4n) is 4.11. The predicted molar refractivity (Wildman–Crippen MR) is 133 cm³/mol. The molecule has 3 rings (SSSR count). The average molecular weight is 497 g/mol. The zero-order valence-corrected chi connectivity index (χ0v) is 21.9. The van der Waals surface area contributed by atoms with E-state index < -0.39 is 15.6 Å². The van der Waals surface area contributed by atoms with Gasteiger partial charge in [-0.1, -0.05) is 17.8 Å². The molecule has 1 heterocycles. The van der Waals surface area contributed by atoms with Crippen LogP contribution >= 0.6 is 11.8 Å². The zero-order chi connectivity index (χ0) is 24.6. The summed E-state index contributed by atoms with van der Waals surface area (Å²) in [5.74, 6) is 0.496. The van der Waals surface area contributed by atoms with Crippen LogP contribution in [0.4, 0.5) is 5.69 Å². The molecule has 0 bridgehead atoms. The fraction of sp³-hybridized carbons (Fsp3) is 0.609. The summed E-state index contributed by atoms with van der Waals surface area (Å²) in [6.07, 6.45) is 2.11. The molecule has 33 heavy (non-hydrogen) atoms. The largest absolute Gasteiger partial charge is 0.393 e. The van der Waals surface area contributed by atoms with Gasteiger partial charge in [-0.15, -0.1) is 0 Å². The van der Waals surface area contributed by atoms with E-state index in [2.05, 4.69) is 9.71 Å². The highest BCUT2D eigenvalue weighted by Gasteiger charge is 2.28. The standard InChI is InChI=1S/C23H36N4O4S2/c1-15-21(27(6)22(24-15)32-14-23(2,3)29)16-7-12-19(26(4)5)20(13-16)33(30,31)25-17-8-10-18(28)11-9-17/h7,12-13,17-18,25,28-29H,8-11,14H2,1-6H3/t17-,18+. The van der Waals surface area contributed by atoms with Crippen molar-refractivity contribution in [3.8, 4) is 11.3 Å². The molecule has 1 aliphatic rings. The Hall–Kier alpha value is -1.59. The number of rotatable bonds is 8. The Morgan fingerprint density at radius 2 is 1.88 bits per heavy atom. The van der Waals surface area contributed by atoms with Crippen LogP contribution < -0.4 is 9.62 Å². The topological polar surface area (TPSA) is 108 Å². The molecule has 2 aromatic rings. The van der Waals surface area contributed by atoms with E-state index in [4.69, 9.17) is 0 Å². The minimum absolute atomic E-state index is 0.180. The summed E-state index contributed by atoms with van der Waals surface area (Å²) in [4.78, 5) is 6.68. The van der Waals surface area contributed by atoms with Gasteiger partial charge in [0.1, 0.15) is 4.90 Å². The third-order valence-corrected chi connectivity index (χ3v) is 8.83. The molecule has 8 nitrogen and oxygen atoms in total. The number of nitrogens with zero attached hydrogens (tertiary/aromatic N) is 3. The molecule has 0 aliphatic heterocycles. The maximum absolute atomic E-state index is 13.4. The van der Waals surface area contributed by atoms with Gasteiger partial charge in [0.05, 0.1) is 28.8 Å². The second-order valence-corrected chi connectivity index (χ2v) is 12.3. The van der Waals surface area contributed by atoms with Gasteiger partial charge < -0.3 is 19.7 Å². The van der Waals surface area contributed by atoms with Gasteiger partial charge in [-0.3, -0.25) is 0 Å². The number of aromatic nitrogens is 2. The smallest absolute Gasteiger partial charge is 0.242 e. The van der Waals surface area contributed by atoms with E-state index in [1.807, 2.05) is 44.8 Å². The molecule has 0 saturated heterocycles. The Bertz CT molecular complexity index is 1080. The SMILES string of the molecule is Cc1nc(SCC(C)(C)O)n(C)c1-c1ccc(N(C)C)c(S(=O)(=O)N[C@H]2CC[C@@H](O)CC2)c1. The highest BCUT2D eigenvalue weighted by Crippen LogP contribution is 2.34. The van der Waals surface area contributed by atoms with Crippen LogP contribution in [0, 0.1) is 6.92 Å². The minimum Gasteiger partial charge on any atom is -0.393 e. The van der Waals surface area contributed by atoms with Crippen LogP contribution in [0.3, 0.4) is 0 Å². The normalized spacial score (nSPS) is 19.6. The maximum atomic E-state index is 13.4. The van der Waals surface area contributed by atoms with Crippen LogP contribution in [0.1, 0.15) is 45.2 Å². The molecular formula is C23H36N4O4S2. The Morgan fingerprint density at radius 3 is 2.45 bits per heavy atom. The summed E-state index contributed by atoms with van der Waals surface area (Å²) >= 11 is 1.47. The van der Waals surface area contributed by atoms with Crippen molar-refractivity contribution in [1.82, 2.24) is 14.3 Å². The highest BCUT2D eigenvalue weighted by atomic mass is 32.2. The van der Waals surface area contributed by atoms with E-state index >= 15 is 0 Å². The van der Waals surface area contributed by atoms with E-state index in [9.17, 15) is 18.6 Å². The number of hydrogen-bond donors (Lipinski definition) is 3. The number of hydrogen-bond acceptors (Lipinski definition) is 7. The van der Waals surface area contributed by atoms with Gasteiger partial charge in [-0.05, 0) is 58.6 Å². The van der Waals surface area contributed by atoms with Crippen LogP contribution in [-0.2, 0) is 17.1 Å². The van der Waals surface area contributed by atoms with Gasteiger partial charge in [0.15, 0.2) is 5.16 Å². The van der Waals surface area contributed by atoms with Gasteiger partial charge in [-0.25, -0.2) is 18.1 Å². The Labute approximate surface area is 201 Å². The first-order chi connectivity index (χ1) is 15.3. The summed E-state index contributed by atoms with van der Waals surface area (Å²) in [7, 11) is 1.78. The number of thioether (sulfide) groups is 1. The maximum Gasteiger partial charge on any atom is 0.242 e. The molecule has 0 amide bonds. The molecule has 1 aromatic carbocycles. The second kappa shape index (κ2) is 9.95. The van der Waals surface area contributed by atoms with Crippen LogP contribution in [0.5, 0.6) is 0 Å². The van der Waals surface area contributed by atoms with E-state index in [0.29, 0.717) is 37.1 Å². The average Bonchev–Trinajstić information content (AvgIpc) is 3.00. The molecule has 0 unspecified atom stereocenters. The van der Waals surface area contributed by atoms with E-state index in [1.165, 1.54) is 11.8 Å². The third-order valence-electron chi connectivity index (χ3n) is 5.81. The lowest BCUT2D eigenvalue weighted by Crippen LogP contribution is -2.39. The van der Waals surface area contributed by atoms with Crippen molar-refractivity contribution in [2.24, 2.45) is 7.05 Å². The lowest BCUT2D eigenvalue weighted by Gasteiger charge is -2.27. The number of aliphatic hydroxyl groups is 2. The van der Waals surface area contributed by atoms with Crippen molar-refractivity contribution >= 4 is 27.5 Å². The fourth-order valence-corrected chi connectivity index (χ4v) is 6.68. The molecule has 1 fully saturated rings. The predicted octanol–water partition coefficient (Wildman–Crippen LogP) is 2.91. The first-order valence-electron chi connectivity index (χ1n) is 11.2. The lowest BCUT2D eigenvalue weighted by atomic mass is 9.94. The lowest BCUT2D eigenvalue weighted by molar-refractivity contribution is 0.107. The summed E-state index contributed by atoms with van der Waals surface area (Å²) in [6.45, 7) is 5.42. The molecule has 0 radical (unpaired) electrons. The summed E-state index contributed by atoms with van der Waals surface area (Å²) in [5.41, 5.74) is 2.20. The Morgan fingerprint density at radius 1 is 1.24 bits per heavy atom. The van der Waals surface area contributed by atoms with Gasteiger partial charge in [0, 0.05) is 38.5 Å². The molecule has 0 atom stereocenters. The summed E-state index contributed by atoms with van der Waals surface area (Å²) in [6, 6.07) is 5.27. The van der Waals surface area contributed by atoms with E-state index in [0.717, 1.165) is 22.1 Å². The van der Waals surface area contributed by atoms with Crippen molar-refractivity contribution in [3.63, 3.8) is 0 Å². The van der Waals surface area contributed by atoms with Crippen molar-refractivity contribution < 1.29 is 18.6 Å². The number of nitrogens with one attached hydrogen (secondary N) is 1. The number of imidazole rings is 1. The van der Waals surface area contributed by atoms with E-state index in [-0.39, 0.29) is 17.0 Å². The molecule has 184 valence electrons. The summed E-state index contributed by atoms with van der Waals surface area (Å²) < 4.78 is 31.7. The van der Waals surface area contributed by atoms with Crippen LogP contribution in [0.15, 0.2) is 28.3 Å². The Kier molecular flexibility index (Phi) is 7.85. The second-order valence-electron chi connectivity index (χ2n) is 9.69.